The SMILES string of the molecule is Cc1cccc(OB([O-])[O-])c1. The van der Waals surface area contributed by atoms with Crippen LogP contribution in [0.25, 0.3) is 0 Å². The van der Waals surface area contributed by atoms with Crippen LogP contribution in [0.5, 0.6) is 5.75 Å². The quantitative estimate of drug-likeness (QED) is 0.512. The van der Waals surface area contributed by atoms with E-state index in [9.17, 15) is 10.0 Å². The first-order valence-corrected chi connectivity index (χ1v) is 3.23. The van der Waals surface area contributed by atoms with Gasteiger partial charge in [-0.25, -0.2) is 0 Å². The van der Waals surface area contributed by atoms with Crippen LogP contribution in [0.15, 0.2) is 24.3 Å². The molecular formula is C7H7BO3-2. The third kappa shape index (κ3) is 2.61. The summed E-state index contributed by atoms with van der Waals surface area (Å²) in [4.78, 5) is 0. The highest BCUT2D eigenvalue weighted by Gasteiger charge is 1.89. The first-order valence-electron chi connectivity index (χ1n) is 3.23. The van der Waals surface area contributed by atoms with Gasteiger partial charge in [-0.2, -0.15) is 0 Å². The van der Waals surface area contributed by atoms with Gasteiger partial charge in [0, 0.05) is 0 Å². The molecule has 0 saturated heterocycles. The summed E-state index contributed by atoms with van der Waals surface area (Å²) in [6, 6.07) is 6.81. The van der Waals surface area contributed by atoms with Crippen LogP contribution < -0.4 is 14.7 Å². The topological polar surface area (TPSA) is 55.3 Å². The average molecular weight is 150 g/mol. The van der Waals surface area contributed by atoms with Crippen LogP contribution in [-0.4, -0.2) is 7.32 Å². The van der Waals surface area contributed by atoms with Crippen molar-refractivity contribution < 1.29 is 14.7 Å². The van der Waals surface area contributed by atoms with Crippen LogP contribution in [0.2, 0.25) is 0 Å². The predicted octanol–water partition coefficient (Wildman–Crippen LogP) is -0.921. The Morgan fingerprint density at radius 3 is 2.64 bits per heavy atom. The minimum Gasteiger partial charge on any atom is -0.860 e. The van der Waals surface area contributed by atoms with Gasteiger partial charge in [-0.3, -0.25) is 0 Å². The number of benzene rings is 1. The summed E-state index contributed by atoms with van der Waals surface area (Å²) < 4.78 is 4.38. The van der Waals surface area contributed by atoms with Gasteiger partial charge in [0.1, 0.15) is 7.32 Å². The smallest absolute Gasteiger partial charge is 0.133 e. The predicted molar refractivity (Wildman–Crippen MR) is 37.6 cm³/mol. The molecule has 1 rings (SSSR count). The van der Waals surface area contributed by atoms with E-state index in [-0.39, 0.29) is 0 Å². The van der Waals surface area contributed by atoms with E-state index in [4.69, 9.17) is 0 Å². The first-order chi connectivity index (χ1) is 5.18. The molecule has 0 bridgehead atoms. The molecule has 4 heteroatoms. The van der Waals surface area contributed by atoms with Gasteiger partial charge in [-0.15, -0.1) is 0 Å². The first kappa shape index (κ1) is 8.10. The zero-order chi connectivity index (χ0) is 8.27. The molecule has 0 aromatic heterocycles. The fourth-order valence-corrected chi connectivity index (χ4v) is 0.800. The third-order valence-electron chi connectivity index (χ3n) is 1.22. The minimum atomic E-state index is -2.24. The van der Waals surface area contributed by atoms with Gasteiger partial charge in [0.2, 0.25) is 0 Å². The normalized spacial score (nSPS) is 9.36. The summed E-state index contributed by atoms with van der Waals surface area (Å²) in [5.74, 6) is 0.333. The Balaban J connectivity index is 2.71. The molecule has 1 aromatic carbocycles. The van der Waals surface area contributed by atoms with Gasteiger partial charge in [0.15, 0.2) is 0 Å². The fourth-order valence-electron chi connectivity index (χ4n) is 0.800. The molecule has 0 saturated carbocycles. The maximum Gasteiger partial charge on any atom is 0.133 e. The Bertz CT molecular complexity index is 237. The maximum absolute atomic E-state index is 10.0. The second-order valence-electron chi connectivity index (χ2n) is 2.22. The summed E-state index contributed by atoms with van der Waals surface area (Å²) in [6.45, 7) is 1.86. The molecule has 0 aliphatic carbocycles. The van der Waals surface area contributed by atoms with Crippen molar-refractivity contribution >= 4 is 7.32 Å². The van der Waals surface area contributed by atoms with Gasteiger partial charge >= 0.3 is 0 Å². The van der Waals surface area contributed by atoms with Crippen molar-refractivity contribution in [2.75, 3.05) is 0 Å². The van der Waals surface area contributed by atoms with Crippen molar-refractivity contribution in [2.24, 2.45) is 0 Å². The Hall–Kier alpha value is -0.995. The van der Waals surface area contributed by atoms with E-state index in [1.54, 1.807) is 18.2 Å². The summed E-state index contributed by atoms with van der Waals surface area (Å²) in [6.07, 6.45) is 0. The van der Waals surface area contributed by atoms with Crippen LogP contribution in [0.4, 0.5) is 0 Å². The minimum absolute atomic E-state index is 0.333. The van der Waals surface area contributed by atoms with E-state index in [0.717, 1.165) is 5.56 Å². The number of rotatable bonds is 2. The molecule has 0 heterocycles. The molecule has 3 nitrogen and oxygen atoms in total. The molecule has 0 aliphatic heterocycles. The van der Waals surface area contributed by atoms with Gasteiger partial charge in [-0.05, 0) is 24.6 Å². The van der Waals surface area contributed by atoms with E-state index in [0.29, 0.717) is 5.75 Å². The molecule has 0 fully saturated rings. The molecule has 0 unspecified atom stereocenters. The van der Waals surface area contributed by atoms with Crippen molar-refractivity contribution in [3.63, 3.8) is 0 Å². The van der Waals surface area contributed by atoms with Crippen LogP contribution in [0.1, 0.15) is 5.56 Å². The Labute approximate surface area is 65.4 Å². The molecule has 0 spiro atoms. The maximum atomic E-state index is 10.0. The monoisotopic (exact) mass is 150 g/mol. The van der Waals surface area contributed by atoms with Gasteiger partial charge in [0.25, 0.3) is 0 Å². The standard InChI is InChI=1S/C7H7BO3/c1-6-3-2-4-7(5-6)11-8(9)10/h2-5H,1H3/q-2. The van der Waals surface area contributed by atoms with Crippen molar-refractivity contribution in [2.45, 2.75) is 6.92 Å². The molecule has 0 radical (unpaired) electrons. The molecule has 0 aliphatic rings. The van der Waals surface area contributed by atoms with Gasteiger partial charge < -0.3 is 14.7 Å². The molecular weight excluding hydrogens is 143 g/mol. The third-order valence-corrected chi connectivity index (χ3v) is 1.22. The molecule has 0 N–H and O–H groups in total. The van der Waals surface area contributed by atoms with Crippen LogP contribution in [0, 0.1) is 6.92 Å². The Morgan fingerprint density at radius 1 is 1.36 bits per heavy atom. The highest BCUT2D eigenvalue weighted by molar-refractivity contribution is 6.29. The zero-order valence-electron chi connectivity index (χ0n) is 6.11. The Kier molecular flexibility index (Phi) is 2.51. The fraction of sp³-hybridized carbons (Fsp3) is 0.143. The van der Waals surface area contributed by atoms with E-state index in [1.807, 2.05) is 13.0 Å². The summed E-state index contributed by atoms with van der Waals surface area (Å²) in [7, 11) is -2.24. The van der Waals surface area contributed by atoms with E-state index < -0.39 is 7.32 Å². The highest BCUT2D eigenvalue weighted by Crippen LogP contribution is 2.11. The molecule has 58 valence electrons. The van der Waals surface area contributed by atoms with Crippen molar-refractivity contribution in [3.8, 4) is 5.75 Å². The lowest BCUT2D eigenvalue weighted by molar-refractivity contribution is -0.372. The summed E-state index contributed by atoms with van der Waals surface area (Å²) in [5, 5.41) is 20.1. The van der Waals surface area contributed by atoms with Crippen LogP contribution >= 0.6 is 0 Å². The average Bonchev–Trinajstić information content (AvgIpc) is 1.85. The molecule has 11 heavy (non-hydrogen) atoms. The second-order valence-corrected chi connectivity index (χ2v) is 2.22. The highest BCUT2D eigenvalue weighted by atomic mass is 16.6. The largest absolute Gasteiger partial charge is 0.860 e. The summed E-state index contributed by atoms with van der Waals surface area (Å²) >= 11 is 0. The number of hydrogen-bond acceptors (Lipinski definition) is 3. The lowest BCUT2D eigenvalue weighted by Crippen LogP contribution is -2.50. The van der Waals surface area contributed by atoms with Crippen molar-refractivity contribution in [3.05, 3.63) is 29.8 Å². The number of hydrogen-bond donors (Lipinski definition) is 0. The summed E-state index contributed by atoms with van der Waals surface area (Å²) in [5.41, 5.74) is 0.961. The molecule has 1 aromatic rings. The lowest BCUT2D eigenvalue weighted by atomic mass is 10.2. The second kappa shape index (κ2) is 3.41. The van der Waals surface area contributed by atoms with E-state index in [1.165, 1.54) is 0 Å². The van der Waals surface area contributed by atoms with Crippen LogP contribution in [0.3, 0.4) is 0 Å². The van der Waals surface area contributed by atoms with E-state index in [2.05, 4.69) is 4.65 Å². The van der Waals surface area contributed by atoms with Crippen molar-refractivity contribution in [1.82, 2.24) is 0 Å². The van der Waals surface area contributed by atoms with E-state index >= 15 is 0 Å². The van der Waals surface area contributed by atoms with Gasteiger partial charge in [-0.1, -0.05) is 12.1 Å². The molecule has 0 amide bonds. The lowest BCUT2D eigenvalue weighted by Gasteiger charge is -2.26. The number of aryl methyl sites for hydroxylation is 1. The molecule has 0 atom stereocenters. The van der Waals surface area contributed by atoms with Crippen molar-refractivity contribution in [1.29, 1.82) is 0 Å². The van der Waals surface area contributed by atoms with Gasteiger partial charge in [0.05, 0.1) is 5.75 Å². The van der Waals surface area contributed by atoms with Crippen LogP contribution in [-0.2, 0) is 0 Å². The zero-order valence-corrected chi connectivity index (χ0v) is 6.11. The Morgan fingerprint density at radius 2 is 2.09 bits per heavy atom.